The van der Waals surface area contributed by atoms with Crippen LogP contribution in [0.4, 0.5) is 0 Å². The Balaban J connectivity index is 0.0000000953. The smallest absolute Gasteiger partial charge is 0.0542 e. The van der Waals surface area contributed by atoms with Gasteiger partial charge in [-0.1, -0.05) is 284 Å². The molecule has 652 valence electrons. The zero-order chi connectivity index (χ0) is 91.7. The molecule has 0 fully saturated rings. The van der Waals surface area contributed by atoms with Crippen LogP contribution in [-0.4, -0.2) is 36.5 Å². The summed E-state index contributed by atoms with van der Waals surface area (Å²) in [6, 6.07) is 176. The Hall–Kier alpha value is -18.0. The van der Waals surface area contributed by atoms with Crippen LogP contribution in [0.5, 0.6) is 0 Å². The number of rotatable bonds is 9. The SMILES string of the molecule is Cc1ccc(-n2c3ccccc3c3cc(-n4c5ccccc5c5ccccc54)ccc32)cc1.Cc1ccc2c(c1)c1cc(-c3ccc4c(c3)c3ccccc3n4-c3ccccc3)ccc1n2-c1ccccc1.Cc1ccc2c(c1)c1ccccc1n2-c1ccc2c(c1)c1ccccc1n2-c1ccccc1.Cc1cccc(-n2c3ccccc3c3cc(-n4c5ccccc5c5ccccc54)ccc32)c1. The third-order valence-electron chi connectivity index (χ3n) is 28.3. The van der Waals surface area contributed by atoms with Crippen molar-refractivity contribution in [2.75, 3.05) is 0 Å². The van der Waals surface area contributed by atoms with Gasteiger partial charge < -0.3 is 36.5 Å². The van der Waals surface area contributed by atoms with E-state index in [0.717, 1.165) is 0 Å². The number of fused-ring (bicyclic) bond motifs is 24. The van der Waals surface area contributed by atoms with Gasteiger partial charge in [-0.2, -0.15) is 0 Å². The van der Waals surface area contributed by atoms with Gasteiger partial charge in [-0.15, -0.1) is 0 Å². The molecule has 0 spiro atoms. The largest absolute Gasteiger partial charge is 0.309 e. The normalized spacial score (nSPS) is 11.8. The van der Waals surface area contributed by atoms with Crippen molar-refractivity contribution in [2.45, 2.75) is 27.7 Å². The highest BCUT2D eigenvalue weighted by Gasteiger charge is 2.24. The molecule has 0 aliphatic heterocycles. The molecule has 0 atom stereocenters. The summed E-state index contributed by atoms with van der Waals surface area (Å²) in [4.78, 5) is 0. The van der Waals surface area contributed by atoms with Crippen LogP contribution in [0, 0.1) is 27.7 Å². The van der Waals surface area contributed by atoms with E-state index < -0.39 is 0 Å². The van der Waals surface area contributed by atoms with Gasteiger partial charge in [0.05, 0.1) is 88.3 Å². The standard InChI is InChI=1S/C37H26N2.3C31H22N2/c1-25-16-19-35-31(22-25)33-24-27(18-21-37(33)39(35)29-12-6-3-7-13-29)26-17-20-36-32(23-26)30-14-8-9-15-34(30)38(36)28-10-4-2-5-11-28;1-21-9-8-10-22(19-21)32-30-16-7-4-13-26(30)27-20-23(17-18-31(27)32)33-28-14-5-2-11-24(28)25-12-3-6-15-29(25)33;1-21-14-16-22(17-15-21)32-30-13-7-4-10-26(30)27-20-23(18-19-31(27)32)33-28-11-5-2-8-24(28)25-9-3-6-12-29(25)33;1-21-15-17-30-26(19-21)24-11-5-8-14-29(24)33(30)23-16-18-31-27(20-23)25-12-6-7-13-28(25)32(31)22-9-3-2-4-10-22/h2-24H,1H3;3*2-20H,1H3. The summed E-state index contributed by atoms with van der Waals surface area (Å²) in [5.74, 6) is 0. The molecule has 29 rings (SSSR count). The number of para-hydroxylation sites is 12. The topological polar surface area (TPSA) is 39.4 Å². The van der Waals surface area contributed by atoms with Crippen molar-refractivity contribution in [3.05, 3.63) is 508 Å². The van der Waals surface area contributed by atoms with Crippen molar-refractivity contribution < 1.29 is 0 Å². The second-order valence-corrected chi connectivity index (χ2v) is 36.6. The molecule has 0 unspecified atom stereocenters. The maximum atomic E-state index is 2.40. The van der Waals surface area contributed by atoms with Gasteiger partial charge in [-0.3, -0.25) is 0 Å². The van der Waals surface area contributed by atoms with Gasteiger partial charge in [0.25, 0.3) is 0 Å². The number of hydrogen-bond donors (Lipinski definition) is 0. The first-order chi connectivity index (χ1) is 68.1. The van der Waals surface area contributed by atoms with Crippen LogP contribution in [0.15, 0.2) is 485 Å². The molecule has 8 aromatic heterocycles. The number of aryl methyl sites for hydroxylation is 4. The molecule has 0 aliphatic rings. The molecule has 21 aromatic carbocycles. The minimum atomic E-state index is 1.18. The Morgan fingerprint density at radius 2 is 0.275 bits per heavy atom. The molecule has 0 amide bonds. The zero-order valence-corrected chi connectivity index (χ0v) is 76.8. The van der Waals surface area contributed by atoms with Crippen molar-refractivity contribution in [3.63, 3.8) is 0 Å². The predicted octanol–water partition coefficient (Wildman–Crippen LogP) is 34.4. The van der Waals surface area contributed by atoms with E-state index in [2.05, 4.69) is 550 Å². The van der Waals surface area contributed by atoms with Gasteiger partial charge in [-0.25, -0.2) is 0 Å². The molecule has 0 N–H and O–H groups in total. The summed E-state index contributed by atoms with van der Waals surface area (Å²) < 4.78 is 19.1. The Labute approximate surface area is 797 Å². The number of hydrogen-bond acceptors (Lipinski definition) is 0. The van der Waals surface area contributed by atoms with E-state index in [-0.39, 0.29) is 0 Å². The first-order valence-corrected chi connectivity index (χ1v) is 47.6. The molecule has 0 saturated heterocycles. The van der Waals surface area contributed by atoms with Gasteiger partial charge in [0.2, 0.25) is 0 Å². The number of nitrogens with zero attached hydrogens (tertiary/aromatic N) is 8. The van der Waals surface area contributed by atoms with Gasteiger partial charge in [-0.05, 0) is 263 Å². The number of aromatic nitrogens is 8. The first-order valence-electron chi connectivity index (χ1n) is 47.6. The minimum absolute atomic E-state index is 1.18. The quantitative estimate of drug-likeness (QED) is 0.138. The van der Waals surface area contributed by atoms with Crippen LogP contribution in [0.3, 0.4) is 0 Å². The van der Waals surface area contributed by atoms with E-state index in [9.17, 15) is 0 Å². The molecule has 0 aliphatic carbocycles. The maximum absolute atomic E-state index is 2.40. The lowest BCUT2D eigenvalue weighted by molar-refractivity contribution is 1.16. The van der Waals surface area contributed by atoms with Crippen LogP contribution in [0.2, 0.25) is 0 Å². The van der Waals surface area contributed by atoms with Crippen molar-refractivity contribution in [3.8, 4) is 56.6 Å². The van der Waals surface area contributed by atoms with Gasteiger partial charge >= 0.3 is 0 Å². The Kier molecular flexibility index (Phi) is 19.4. The fraction of sp³-hybridized carbons (Fsp3) is 0.0308. The highest BCUT2D eigenvalue weighted by molar-refractivity contribution is 6.18. The average molecular weight is 1770 g/mol. The van der Waals surface area contributed by atoms with Crippen LogP contribution < -0.4 is 0 Å². The van der Waals surface area contributed by atoms with E-state index in [1.807, 2.05) is 0 Å². The fourth-order valence-electron chi connectivity index (χ4n) is 22.1. The highest BCUT2D eigenvalue weighted by Crippen LogP contribution is 2.45. The predicted molar refractivity (Wildman–Crippen MR) is 585 cm³/mol. The molecule has 0 saturated carbocycles. The van der Waals surface area contributed by atoms with Crippen molar-refractivity contribution in [1.29, 1.82) is 0 Å². The minimum Gasteiger partial charge on any atom is -0.309 e. The Morgan fingerprint density at radius 3 is 0.565 bits per heavy atom. The van der Waals surface area contributed by atoms with E-state index >= 15 is 0 Å². The second-order valence-electron chi connectivity index (χ2n) is 36.6. The molecular weight excluding hydrogens is 1670 g/mol. The van der Waals surface area contributed by atoms with E-state index in [1.54, 1.807) is 0 Å². The van der Waals surface area contributed by atoms with Gasteiger partial charge in [0.1, 0.15) is 0 Å². The summed E-state index contributed by atoms with van der Waals surface area (Å²) in [6.45, 7) is 8.62. The van der Waals surface area contributed by atoms with E-state index in [4.69, 9.17) is 0 Å². The summed E-state index contributed by atoms with van der Waals surface area (Å²) >= 11 is 0. The van der Waals surface area contributed by atoms with Crippen molar-refractivity contribution in [2.24, 2.45) is 0 Å². The fourth-order valence-corrected chi connectivity index (χ4v) is 22.1. The van der Waals surface area contributed by atoms with E-state index in [0.29, 0.717) is 0 Å². The third kappa shape index (κ3) is 13.3. The summed E-state index contributed by atoms with van der Waals surface area (Å²) in [6.07, 6.45) is 0. The molecule has 8 nitrogen and oxygen atoms in total. The molecule has 138 heavy (non-hydrogen) atoms. The number of benzene rings is 21. The molecule has 8 heterocycles. The average Bonchev–Trinajstić information content (AvgIpc) is 1.60. The third-order valence-corrected chi connectivity index (χ3v) is 28.3. The van der Waals surface area contributed by atoms with Crippen LogP contribution in [-0.2, 0) is 0 Å². The molecule has 29 aromatic rings. The highest BCUT2D eigenvalue weighted by atomic mass is 15.0. The van der Waals surface area contributed by atoms with Crippen LogP contribution >= 0.6 is 0 Å². The van der Waals surface area contributed by atoms with Gasteiger partial charge in [0, 0.05) is 132 Å². The Bertz CT molecular complexity index is 9790. The second kappa shape index (κ2) is 33.0. The van der Waals surface area contributed by atoms with Crippen LogP contribution in [0.1, 0.15) is 22.3 Å². The van der Waals surface area contributed by atoms with Crippen LogP contribution in [0.25, 0.3) is 231 Å². The zero-order valence-electron chi connectivity index (χ0n) is 76.8. The van der Waals surface area contributed by atoms with Crippen molar-refractivity contribution >= 4 is 174 Å². The monoisotopic (exact) mass is 1760 g/mol. The lowest BCUT2D eigenvalue weighted by atomic mass is 10.0. The van der Waals surface area contributed by atoms with Gasteiger partial charge in [0.15, 0.2) is 0 Å². The summed E-state index contributed by atoms with van der Waals surface area (Å²) in [5.41, 5.74) is 36.8. The van der Waals surface area contributed by atoms with E-state index in [1.165, 1.54) is 253 Å². The first kappa shape index (κ1) is 80.8. The maximum Gasteiger partial charge on any atom is 0.0542 e. The summed E-state index contributed by atoms with van der Waals surface area (Å²) in [5, 5.41) is 20.5. The molecule has 0 radical (unpaired) electrons. The molecule has 0 bridgehead atoms. The lowest BCUT2D eigenvalue weighted by Gasteiger charge is -2.10. The van der Waals surface area contributed by atoms with Crippen molar-refractivity contribution in [1.82, 2.24) is 36.5 Å². The molecular formula is C130H92N8. The summed E-state index contributed by atoms with van der Waals surface area (Å²) in [7, 11) is 0. The lowest BCUT2D eigenvalue weighted by Crippen LogP contribution is -1.96. The Morgan fingerprint density at radius 1 is 0.101 bits per heavy atom. The molecule has 8 heteroatoms.